The van der Waals surface area contributed by atoms with Crippen molar-refractivity contribution >= 4 is 0 Å². The zero-order chi connectivity index (χ0) is 14.2. The molecule has 112 valence electrons. The minimum Gasteiger partial charge on any atom is -0.300 e. The Kier molecular flexibility index (Phi) is 6.59. The zero-order valence-corrected chi connectivity index (χ0v) is 13.4. The Morgan fingerprint density at radius 1 is 1.00 bits per heavy atom. The van der Waals surface area contributed by atoms with Crippen LogP contribution in [0.5, 0.6) is 0 Å². The Balaban J connectivity index is 1.85. The summed E-state index contributed by atoms with van der Waals surface area (Å²) in [6.07, 6.45) is 9.53. The van der Waals surface area contributed by atoms with Crippen LogP contribution in [0.3, 0.4) is 0 Å². The van der Waals surface area contributed by atoms with Gasteiger partial charge in [-0.3, -0.25) is 0 Å². The number of likely N-dealkylation sites (tertiary alicyclic amines) is 1. The van der Waals surface area contributed by atoms with Gasteiger partial charge in [0.05, 0.1) is 0 Å². The fourth-order valence-electron chi connectivity index (χ4n) is 3.61. The first-order valence-corrected chi connectivity index (χ1v) is 8.64. The van der Waals surface area contributed by atoms with E-state index < -0.39 is 0 Å². The van der Waals surface area contributed by atoms with Crippen LogP contribution in [0.4, 0.5) is 0 Å². The Bertz CT molecular complexity index is 351. The fraction of sp³-hybridized carbons (Fsp3) is 0.684. The maximum absolute atomic E-state index is 2.78. The standard InChI is InChI=1S/C19H31N/c1-3-5-12-19(9-4-2)20-15-13-18(14-16-20)17-10-7-6-8-11-17/h6-8,10-11,18-19H,3-5,9,12-16H2,1-2H3. The van der Waals surface area contributed by atoms with Gasteiger partial charge in [-0.05, 0) is 50.3 Å². The second-order valence-corrected chi connectivity index (χ2v) is 6.31. The molecule has 1 atom stereocenters. The van der Waals surface area contributed by atoms with E-state index in [0.29, 0.717) is 0 Å². The predicted octanol–water partition coefficient (Wildman–Crippen LogP) is 5.22. The molecule has 1 aliphatic heterocycles. The highest BCUT2D eigenvalue weighted by molar-refractivity contribution is 5.20. The second-order valence-electron chi connectivity index (χ2n) is 6.31. The molecule has 20 heavy (non-hydrogen) atoms. The van der Waals surface area contributed by atoms with Crippen molar-refractivity contribution in [2.24, 2.45) is 0 Å². The number of hydrogen-bond donors (Lipinski definition) is 0. The largest absolute Gasteiger partial charge is 0.300 e. The third kappa shape index (κ3) is 4.34. The summed E-state index contributed by atoms with van der Waals surface area (Å²) in [4.78, 5) is 2.78. The van der Waals surface area contributed by atoms with Crippen molar-refractivity contribution in [3.63, 3.8) is 0 Å². The van der Waals surface area contributed by atoms with Gasteiger partial charge in [-0.15, -0.1) is 0 Å². The molecule has 1 heterocycles. The molecule has 1 aromatic rings. The summed E-state index contributed by atoms with van der Waals surface area (Å²) in [6.45, 7) is 7.24. The summed E-state index contributed by atoms with van der Waals surface area (Å²) in [6, 6.07) is 11.9. The summed E-state index contributed by atoms with van der Waals surface area (Å²) in [5.74, 6) is 0.793. The highest BCUT2D eigenvalue weighted by Crippen LogP contribution is 2.30. The Hall–Kier alpha value is -0.820. The number of piperidine rings is 1. The molecule has 0 spiro atoms. The number of rotatable bonds is 7. The van der Waals surface area contributed by atoms with Crippen molar-refractivity contribution in [1.29, 1.82) is 0 Å². The molecule has 1 aromatic carbocycles. The quantitative estimate of drug-likeness (QED) is 0.658. The van der Waals surface area contributed by atoms with Crippen molar-refractivity contribution in [1.82, 2.24) is 4.90 Å². The van der Waals surface area contributed by atoms with Crippen molar-refractivity contribution in [3.8, 4) is 0 Å². The van der Waals surface area contributed by atoms with Gasteiger partial charge >= 0.3 is 0 Å². The molecule has 1 nitrogen and oxygen atoms in total. The smallest absolute Gasteiger partial charge is 0.00951 e. The molecule has 2 rings (SSSR count). The van der Waals surface area contributed by atoms with Crippen LogP contribution >= 0.6 is 0 Å². The van der Waals surface area contributed by atoms with Crippen molar-refractivity contribution in [3.05, 3.63) is 35.9 Å². The van der Waals surface area contributed by atoms with Crippen LogP contribution in [0.25, 0.3) is 0 Å². The van der Waals surface area contributed by atoms with E-state index in [-0.39, 0.29) is 0 Å². The molecule has 1 aliphatic rings. The van der Waals surface area contributed by atoms with E-state index in [0.717, 1.165) is 12.0 Å². The Labute approximate surface area is 125 Å². The van der Waals surface area contributed by atoms with Gasteiger partial charge in [0, 0.05) is 6.04 Å². The van der Waals surface area contributed by atoms with Crippen molar-refractivity contribution < 1.29 is 0 Å². The average Bonchev–Trinajstić information content (AvgIpc) is 2.52. The van der Waals surface area contributed by atoms with E-state index in [1.54, 1.807) is 5.56 Å². The van der Waals surface area contributed by atoms with Crippen LogP contribution < -0.4 is 0 Å². The van der Waals surface area contributed by atoms with E-state index in [2.05, 4.69) is 49.1 Å². The van der Waals surface area contributed by atoms with E-state index in [1.807, 2.05) is 0 Å². The molecule has 0 bridgehead atoms. The van der Waals surface area contributed by atoms with Gasteiger partial charge in [0.2, 0.25) is 0 Å². The first-order chi connectivity index (χ1) is 9.85. The van der Waals surface area contributed by atoms with Crippen LogP contribution in [0.2, 0.25) is 0 Å². The molecular weight excluding hydrogens is 242 g/mol. The summed E-state index contributed by atoms with van der Waals surface area (Å²) in [5, 5.41) is 0. The van der Waals surface area contributed by atoms with Crippen LogP contribution in [-0.2, 0) is 0 Å². The molecule has 0 saturated carbocycles. The number of hydrogen-bond acceptors (Lipinski definition) is 1. The summed E-state index contributed by atoms with van der Waals surface area (Å²) >= 11 is 0. The van der Waals surface area contributed by atoms with Gasteiger partial charge in [0.1, 0.15) is 0 Å². The lowest BCUT2D eigenvalue weighted by Crippen LogP contribution is -2.41. The van der Waals surface area contributed by atoms with Gasteiger partial charge in [-0.2, -0.15) is 0 Å². The maximum atomic E-state index is 2.78. The van der Waals surface area contributed by atoms with Gasteiger partial charge in [-0.1, -0.05) is 63.4 Å². The van der Waals surface area contributed by atoms with Gasteiger partial charge in [0.15, 0.2) is 0 Å². The average molecular weight is 273 g/mol. The lowest BCUT2D eigenvalue weighted by atomic mass is 9.88. The molecule has 1 heteroatoms. The van der Waals surface area contributed by atoms with Crippen molar-refractivity contribution in [2.45, 2.75) is 70.8 Å². The van der Waals surface area contributed by atoms with Gasteiger partial charge < -0.3 is 4.90 Å². The normalized spacial score (nSPS) is 19.1. The van der Waals surface area contributed by atoms with Crippen LogP contribution in [-0.4, -0.2) is 24.0 Å². The van der Waals surface area contributed by atoms with E-state index >= 15 is 0 Å². The molecule has 0 N–H and O–H groups in total. The zero-order valence-electron chi connectivity index (χ0n) is 13.4. The maximum Gasteiger partial charge on any atom is 0.00951 e. The SMILES string of the molecule is CCCCC(CCC)N1CCC(c2ccccc2)CC1. The van der Waals surface area contributed by atoms with Crippen LogP contribution in [0.15, 0.2) is 30.3 Å². The number of unbranched alkanes of at least 4 members (excludes halogenated alkanes) is 1. The van der Waals surface area contributed by atoms with E-state index in [1.165, 1.54) is 58.0 Å². The lowest BCUT2D eigenvalue weighted by Gasteiger charge is -2.38. The summed E-state index contributed by atoms with van der Waals surface area (Å²) in [5.41, 5.74) is 1.55. The summed E-state index contributed by atoms with van der Waals surface area (Å²) < 4.78 is 0. The topological polar surface area (TPSA) is 3.24 Å². The van der Waals surface area contributed by atoms with Crippen LogP contribution in [0.1, 0.15) is 70.3 Å². The minimum atomic E-state index is 0.793. The van der Waals surface area contributed by atoms with Gasteiger partial charge in [-0.25, -0.2) is 0 Å². The third-order valence-electron chi connectivity index (χ3n) is 4.83. The number of benzene rings is 1. The fourth-order valence-corrected chi connectivity index (χ4v) is 3.61. The first kappa shape index (κ1) is 15.6. The van der Waals surface area contributed by atoms with Gasteiger partial charge in [0.25, 0.3) is 0 Å². The molecule has 1 saturated heterocycles. The third-order valence-corrected chi connectivity index (χ3v) is 4.83. The Morgan fingerprint density at radius 3 is 2.30 bits per heavy atom. The predicted molar refractivity (Wildman–Crippen MR) is 88.2 cm³/mol. The molecule has 1 unspecified atom stereocenters. The van der Waals surface area contributed by atoms with E-state index in [9.17, 15) is 0 Å². The minimum absolute atomic E-state index is 0.793. The van der Waals surface area contributed by atoms with Crippen molar-refractivity contribution in [2.75, 3.05) is 13.1 Å². The Morgan fingerprint density at radius 2 is 1.70 bits per heavy atom. The molecule has 1 fully saturated rings. The molecule has 0 radical (unpaired) electrons. The molecule has 0 aliphatic carbocycles. The summed E-state index contributed by atoms with van der Waals surface area (Å²) in [7, 11) is 0. The molecular formula is C19H31N. The monoisotopic (exact) mass is 273 g/mol. The molecule has 0 amide bonds. The second kappa shape index (κ2) is 8.46. The molecule has 0 aromatic heterocycles. The number of nitrogens with zero attached hydrogens (tertiary/aromatic N) is 1. The lowest BCUT2D eigenvalue weighted by molar-refractivity contribution is 0.135. The highest BCUT2D eigenvalue weighted by atomic mass is 15.2. The van der Waals surface area contributed by atoms with E-state index in [4.69, 9.17) is 0 Å². The highest BCUT2D eigenvalue weighted by Gasteiger charge is 2.24. The first-order valence-electron chi connectivity index (χ1n) is 8.64. The van der Waals surface area contributed by atoms with Crippen LogP contribution in [0, 0.1) is 0 Å².